The molecule has 6 heteroatoms. The highest BCUT2D eigenvalue weighted by Gasteiger charge is 2.02. The summed E-state index contributed by atoms with van der Waals surface area (Å²) < 4.78 is 13.4. The first kappa shape index (κ1) is 12.4. The lowest BCUT2D eigenvalue weighted by Gasteiger charge is -2.06. The minimum Gasteiger partial charge on any atom is -0.392 e. The number of rotatable bonds is 4. The number of aryl methyl sites for hydroxylation is 2. The largest absolute Gasteiger partial charge is 0.392 e. The molecule has 1 aromatic heterocycles. The number of hydrogen-bond acceptors (Lipinski definition) is 3. The van der Waals surface area contributed by atoms with E-state index in [9.17, 15) is 14.0 Å². The van der Waals surface area contributed by atoms with E-state index < -0.39 is 11.2 Å². The fourth-order valence-corrected chi connectivity index (χ4v) is 1.22. The number of hydrogen-bond donors (Lipinski definition) is 2. The molecular weight excluding hydrogens is 215 g/mol. The molecule has 0 amide bonds. The third-order valence-corrected chi connectivity index (χ3v) is 2.22. The van der Waals surface area contributed by atoms with Crippen LogP contribution >= 0.6 is 0 Å². The van der Waals surface area contributed by atoms with Crippen LogP contribution in [0.2, 0.25) is 0 Å². The number of aromatic nitrogens is 2. The van der Waals surface area contributed by atoms with Gasteiger partial charge in [-0.1, -0.05) is 0 Å². The molecule has 2 N–H and O–H groups in total. The van der Waals surface area contributed by atoms with Crippen LogP contribution in [-0.2, 0) is 6.54 Å². The molecule has 0 fully saturated rings. The number of aromatic amines is 1. The summed E-state index contributed by atoms with van der Waals surface area (Å²) in [6, 6.07) is 0. The van der Waals surface area contributed by atoms with Crippen molar-refractivity contribution in [2.45, 2.75) is 19.9 Å². The van der Waals surface area contributed by atoms with E-state index in [0.717, 1.165) is 0 Å². The van der Waals surface area contributed by atoms with Gasteiger partial charge in [-0.25, -0.2) is 9.18 Å². The van der Waals surface area contributed by atoms with Gasteiger partial charge < -0.3 is 9.67 Å². The lowest BCUT2D eigenvalue weighted by atomic mass is 10.2. The van der Waals surface area contributed by atoms with Gasteiger partial charge in [-0.3, -0.25) is 9.78 Å². The first-order valence-electron chi connectivity index (χ1n) is 4.78. The lowest BCUT2D eigenvalue weighted by Crippen LogP contribution is -2.30. The van der Waals surface area contributed by atoms with E-state index in [-0.39, 0.29) is 25.1 Å². The molecule has 1 aromatic rings. The Morgan fingerprint density at radius 3 is 2.88 bits per heavy atom. The molecule has 5 nitrogen and oxygen atoms in total. The molecule has 16 heavy (non-hydrogen) atoms. The summed E-state index contributed by atoms with van der Waals surface area (Å²) >= 11 is 0. The smallest absolute Gasteiger partial charge is 0.328 e. The Morgan fingerprint density at radius 2 is 2.31 bits per heavy atom. The fourth-order valence-electron chi connectivity index (χ4n) is 1.22. The Bertz CT molecular complexity index is 502. The van der Waals surface area contributed by atoms with E-state index in [1.54, 1.807) is 6.92 Å². The van der Waals surface area contributed by atoms with Crippen molar-refractivity contribution >= 4 is 0 Å². The summed E-state index contributed by atoms with van der Waals surface area (Å²) in [5, 5.41) is 8.72. The van der Waals surface area contributed by atoms with Crippen LogP contribution in [-0.4, -0.2) is 21.3 Å². The van der Waals surface area contributed by atoms with Gasteiger partial charge >= 0.3 is 5.69 Å². The highest BCUT2D eigenvalue weighted by molar-refractivity contribution is 5.02. The molecule has 0 unspecified atom stereocenters. The highest BCUT2D eigenvalue weighted by atomic mass is 19.1. The maximum Gasteiger partial charge on any atom is 0.328 e. The summed E-state index contributed by atoms with van der Waals surface area (Å²) in [7, 11) is 0. The topological polar surface area (TPSA) is 75.1 Å². The Hall–Kier alpha value is -1.69. The molecule has 0 saturated carbocycles. The summed E-state index contributed by atoms with van der Waals surface area (Å²) in [5.41, 5.74) is -0.346. The number of nitrogens with one attached hydrogen (secondary N) is 1. The van der Waals surface area contributed by atoms with Gasteiger partial charge in [0.05, 0.1) is 12.9 Å². The van der Waals surface area contributed by atoms with Crippen molar-refractivity contribution < 1.29 is 9.50 Å². The normalized spacial score (nSPS) is 11.8. The van der Waals surface area contributed by atoms with Gasteiger partial charge in [-0.05, 0) is 18.9 Å². The standard InChI is InChI=1S/C10H13FN2O3/c1-7-5-13(10(16)12-9(7)15)3-2-8(4-11)6-14/h4-5,14H,2-3,6H2,1H3,(H,12,15,16)/b8-4-. The van der Waals surface area contributed by atoms with Crippen LogP contribution in [0.1, 0.15) is 12.0 Å². The molecular formula is C10H13FN2O3. The van der Waals surface area contributed by atoms with E-state index in [4.69, 9.17) is 5.11 Å². The summed E-state index contributed by atoms with van der Waals surface area (Å²) in [6.07, 6.45) is 1.95. The minimum absolute atomic E-state index is 0.204. The molecule has 0 saturated heterocycles. The van der Waals surface area contributed by atoms with E-state index in [2.05, 4.69) is 4.98 Å². The summed E-state index contributed by atoms with van der Waals surface area (Å²) in [6.45, 7) is 1.41. The second-order valence-electron chi connectivity index (χ2n) is 3.44. The number of halogens is 1. The van der Waals surface area contributed by atoms with Crippen LogP contribution < -0.4 is 11.2 Å². The van der Waals surface area contributed by atoms with Gasteiger partial charge in [0.2, 0.25) is 0 Å². The molecule has 0 aliphatic rings. The fraction of sp³-hybridized carbons (Fsp3) is 0.400. The average molecular weight is 228 g/mol. The average Bonchev–Trinajstić information content (AvgIpc) is 2.26. The van der Waals surface area contributed by atoms with Crippen molar-refractivity contribution in [2.24, 2.45) is 0 Å². The predicted octanol–water partition coefficient (Wildman–Crippen LogP) is 0.0808. The van der Waals surface area contributed by atoms with Gasteiger partial charge in [-0.15, -0.1) is 0 Å². The third kappa shape index (κ3) is 2.90. The molecule has 0 bridgehead atoms. The molecule has 88 valence electrons. The Labute approximate surface area is 90.9 Å². The van der Waals surface area contributed by atoms with Crippen LogP contribution in [0, 0.1) is 6.92 Å². The van der Waals surface area contributed by atoms with Gasteiger partial charge in [0.1, 0.15) is 0 Å². The van der Waals surface area contributed by atoms with E-state index in [1.165, 1.54) is 10.8 Å². The maximum atomic E-state index is 12.1. The van der Waals surface area contributed by atoms with E-state index >= 15 is 0 Å². The van der Waals surface area contributed by atoms with Gasteiger partial charge in [0, 0.05) is 18.3 Å². The zero-order valence-corrected chi connectivity index (χ0v) is 8.86. The summed E-state index contributed by atoms with van der Waals surface area (Å²) in [5.74, 6) is 0. The van der Waals surface area contributed by atoms with Crippen LogP contribution in [0.5, 0.6) is 0 Å². The molecule has 0 aromatic carbocycles. The second kappa shape index (κ2) is 5.41. The Balaban J connectivity index is 2.87. The first-order chi connectivity index (χ1) is 7.58. The van der Waals surface area contributed by atoms with Crippen LogP contribution in [0.3, 0.4) is 0 Å². The molecule has 0 aliphatic carbocycles. The van der Waals surface area contributed by atoms with Crippen molar-refractivity contribution in [3.8, 4) is 0 Å². The zero-order chi connectivity index (χ0) is 12.1. The Kier molecular flexibility index (Phi) is 4.19. The first-order valence-corrected chi connectivity index (χ1v) is 4.78. The quantitative estimate of drug-likeness (QED) is 0.766. The van der Waals surface area contributed by atoms with Gasteiger partial charge in [-0.2, -0.15) is 0 Å². The van der Waals surface area contributed by atoms with Gasteiger partial charge in [0.25, 0.3) is 5.56 Å². The summed E-state index contributed by atoms with van der Waals surface area (Å²) in [4.78, 5) is 24.5. The van der Waals surface area contributed by atoms with Crippen LogP contribution in [0.25, 0.3) is 0 Å². The number of aliphatic hydroxyl groups excluding tert-OH is 1. The number of H-pyrrole nitrogens is 1. The molecule has 0 spiro atoms. The number of aliphatic hydroxyl groups is 1. The van der Waals surface area contributed by atoms with Crippen LogP contribution in [0.15, 0.2) is 27.7 Å². The van der Waals surface area contributed by atoms with Crippen molar-refractivity contribution in [3.05, 3.63) is 44.5 Å². The number of nitrogens with zero attached hydrogens (tertiary/aromatic N) is 1. The third-order valence-electron chi connectivity index (χ3n) is 2.22. The lowest BCUT2D eigenvalue weighted by molar-refractivity contribution is 0.321. The van der Waals surface area contributed by atoms with Gasteiger partial charge in [0.15, 0.2) is 0 Å². The highest BCUT2D eigenvalue weighted by Crippen LogP contribution is 2.02. The Morgan fingerprint density at radius 1 is 1.62 bits per heavy atom. The molecule has 1 rings (SSSR count). The molecule has 0 radical (unpaired) electrons. The minimum atomic E-state index is -0.535. The maximum absolute atomic E-state index is 12.1. The predicted molar refractivity (Wildman–Crippen MR) is 57.0 cm³/mol. The monoisotopic (exact) mass is 228 g/mol. The van der Waals surface area contributed by atoms with Crippen molar-refractivity contribution in [2.75, 3.05) is 6.61 Å². The molecule has 0 aliphatic heterocycles. The van der Waals surface area contributed by atoms with E-state index in [1.807, 2.05) is 0 Å². The SMILES string of the molecule is Cc1cn(CC/C(=C/F)CO)c(=O)[nH]c1=O. The molecule has 1 heterocycles. The van der Waals surface area contributed by atoms with Crippen LogP contribution in [0.4, 0.5) is 4.39 Å². The van der Waals surface area contributed by atoms with Crippen molar-refractivity contribution in [1.82, 2.24) is 9.55 Å². The molecule has 0 atom stereocenters. The van der Waals surface area contributed by atoms with Crippen molar-refractivity contribution in [3.63, 3.8) is 0 Å². The zero-order valence-electron chi connectivity index (χ0n) is 8.86. The van der Waals surface area contributed by atoms with Crippen molar-refractivity contribution in [1.29, 1.82) is 0 Å². The van der Waals surface area contributed by atoms with E-state index in [0.29, 0.717) is 11.9 Å². The second-order valence-corrected chi connectivity index (χ2v) is 3.44.